The SMILES string of the molecule is Cc1coc(Sc2ccc([N+](=O)[O-])c(C(=O)O)c2)n1. The van der Waals surface area contributed by atoms with Gasteiger partial charge in [-0.2, -0.15) is 0 Å². The molecule has 0 radical (unpaired) electrons. The van der Waals surface area contributed by atoms with E-state index in [9.17, 15) is 14.9 Å². The van der Waals surface area contributed by atoms with Crippen LogP contribution in [0.15, 0.2) is 39.0 Å². The van der Waals surface area contributed by atoms with Gasteiger partial charge >= 0.3 is 5.97 Å². The van der Waals surface area contributed by atoms with Crippen molar-refractivity contribution in [2.75, 3.05) is 0 Å². The number of hydrogen-bond acceptors (Lipinski definition) is 6. The Kier molecular flexibility index (Phi) is 3.52. The maximum atomic E-state index is 11.0. The van der Waals surface area contributed by atoms with Gasteiger partial charge in [-0.05, 0) is 30.8 Å². The molecule has 0 atom stereocenters. The second kappa shape index (κ2) is 5.11. The van der Waals surface area contributed by atoms with E-state index in [1.54, 1.807) is 6.92 Å². The molecule has 8 heteroatoms. The van der Waals surface area contributed by atoms with E-state index in [4.69, 9.17) is 9.52 Å². The highest BCUT2D eigenvalue weighted by molar-refractivity contribution is 7.99. The predicted octanol–water partition coefficient (Wildman–Crippen LogP) is 2.74. The maximum Gasteiger partial charge on any atom is 0.342 e. The van der Waals surface area contributed by atoms with Crippen molar-refractivity contribution in [1.82, 2.24) is 4.98 Å². The topological polar surface area (TPSA) is 106 Å². The Hall–Kier alpha value is -2.35. The van der Waals surface area contributed by atoms with Crippen LogP contribution in [-0.2, 0) is 0 Å². The lowest BCUT2D eigenvalue weighted by atomic mass is 10.2. The first-order valence-electron chi connectivity index (χ1n) is 5.09. The minimum Gasteiger partial charge on any atom is -0.477 e. The third-order valence-electron chi connectivity index (χ3n) is 2.20. The molecule has 1 aromatic carbocycles. The molecule has 7 nitrogen and oxygen atoms in total. The number of carbonyl (C=O) groups is 1. The number of carboxylic acid groups (broad SMARTS) is 1. The van der Waals surface area contributed by atoms with Gasteiger partial charge in [0.15, 0.2) is 0 Å². The predicted molar refractivity (Wildman–Crippen MR) is 65.4 cm³/mol. The lowest BCUT2D eigenvalue weighted by Gasteiger charge is -2.01. The fourth-order valence-electron chi connectivity index (χ4n) is 1.39. The van der Waals surface area contributed by atoms with Crippen LogP contribution in [-0.4, -0.2) is 21.0 Å². The third kappa shape index (κ3) is 2.91. The number of nitro groups is 1. The van der Waals surface area contributed by atoms with Crippen LogP contribution < -0.4 is 0 Å². The Labute approximate surface area is 111 Å². The maximum absolute atomic E-state index is 11.0. The second-order valence-electron chi connectivity index (χ2n) is 3.60. The van der Waals surface area contributed by atoms with Gasteiger partial charge in [-0.25, -0.2) is 9.78 Å². The summed E-state index contributed by atoms with van der Waals surface area (Å²) in [5.74, 6) is -1.35. The van der Waals surface area contributed by atoms with Gasteiger partial charge in [0.1, 0.15) is 11.8 Å². The van der Waals surface area contributed by atoms with E-state index in [1.165, 1.54) is 18.4 Å². The van der Waals surface area contributed by atoms with Crippen molar-refractivity contribution in [3.05, 3.63) is 45.8 Å². The summed E-state index contributed by atoms with van der Waals surface area (Å²) < 4.78 is 5.12. The number of oxazole rings is 1. The molecule has 0 saturated heterocycles. The van der Waals surface area contributed by atoms with Crippen LogP contribution >= 0.6 is 11.8 Å². The number of rotatable bonds is 4. The van der Waals surface area contributed by atoms with E-state index in [0.29, 0.717) is 15.8 Å². The van der Waals surface area contributed by atoms with Gasteiger partial charge in [-0.1, -0.05) is 0 Å². The Balaban J connectivity index is 2.35. The first-order valence-corrected chi connectivity index (χ1v) is 5.90. The van der Waals surface area contributed by atoms with Gasteiger partial charge in [-0.15, -0.1) is 0 Å². The van der Waals surface area contributed by atoms with Gasteiger partial charge < -0.3 is 9.52 Å². The van der Waals surface area contributed by atoms with E-state index < -0.39 is 16.6 Å². The molecule has 0 fully saturated rings. The summed E-state index contributed by atoms with van der Waals surface area (Å²) in [5.41, 5.74) is -0.110. The molecule has 19 heavy (non-hydrogen) atoms. The molecule has 0 aliphatic carbocycles. The van der Waals surface area contributed by atoms with E-state index in [0.717, 1.165) is 17.8 Å². The normalized spacial score (nSPS) is 10.4. The molecular weight excluding hydrogens is 272 g/mol. The van der Waals surface area contributed by atoms with Gasteiger partial charge in [0, 0.05) is 11.0 Å². The fourth-order valence-corrected chi connectivity index (χ4v) is 2.19. The summed E-state index contributed by atoms with van der Waals surface area (Å²) in [6, 6.07) is 3.83. The quantitative estimate of drug-likeness (QED) is 0.677. The van der Waals surface area contributed by atoms with Crippen molar-refractivity contribution in [3.8, 4) is 0 Å². The van der Waals surface area contributed by atoms with Crippen molar-refractivity contribution in [2.45, 2.75) is 17.0 Å². The first-order chi connectivity index (χ1) is 8.97. The highest BCUT2D eigenvalue weighted by atomic mass is 32.2. The number of nitro benzene ring substituents is 1. The standard InChI is InChI=1S/C11H8N2O5S/c1-6-5-18-11(12-6)19-7-2-3-9(13(16)17)8(4-7)10(14)15/h2-5H,1H3,(H,14,15). The lowest BCUT2D eigenvalue weighted by Crippen LogP contribution is -2.02. The molecule has 2 rings (SSSR count). The summed E-state index contributed by atoms with van der Waals surface area (Å²) in [5, 5.41) is 20.0. The molecule has 1 aromatic heterocycles. The monoisotopic (exact) mass is 280 g/mol. The van der Waals surface area contributed by atoms with Crippen LogP contribution in [0.4, 0.5) is 5.69 Å². The molecule has 98 valence electrons. The molecular formula is C11H8N2O5S. The Morgan fingerprint density at radius 2 is 2.26 bits per heavy atom. The zero-order chi connectivity index (χ0) is 14.0. The number of nitrogens with zero attached hydrogens (tertiary/aromatic N) is 2. The number of carboxylic acids is 1. The summed E-state index contributed by atoms with van der Waals surface area (Å²) in [4.78, 5) is 25.5. The summed E-state index contributed by atoms with van der Waals surface area (Å²) in [6.07, 6.45) is 1.46. The van der Waals surface area contributed by atoms with E-state index in [2.05, 4.69) is 4.98 Å². The number of aromatic nitrogens is 1. The molecule has 0 saturated carbocycles. The van der Waals surface area contributed by atoms with Crippen LogP contribution in [0.5, 0.6) is 0 Å². The number of hydrogen-bond donors (Lipinski definition) is 1. The number of aryl methyl sites for hydroxylation is 1. The van der Waals surface area contributed by atoms with Crippen LogP contribution in [0.25, 0.3) is 0 Å². The van der Waals surface area contributed by atoms with Crippen LogP contribution in [0.1, 0.15) is 16.1 Å². The molecule has 0 unspecified atom stereocenters. The average molecular weight is 280 g/mol. The minimum absolute atomic E-state index is 0.350. The Bertz CT molecular complexity index is 652. The molecule has 0 bridgehead atoms. The van der Waals surface area contributed by atoms with Crippen molar-refractivity contribution >= 4 is 23.4 Å². The van der Waals surface area contributed by atoms with Gasteiger partial charge in [0.25, 0.3) is 10.9 Å². The Morgan fingerprint density at radius 1 is 1.53 bits per heavy atom. The largest absolute Gasteiger partial charge is 0.477 e. The van der Waals surface area contributed by atoms with Crippen molar-refractivity contribution in [1.29, 1.82) is 0 Å². The zero-order valence-corrected chi connectivity index (χ0v) is 10.5. The molecule has 0 aliphatic heterocycles. The molecule has 1 N–H and O–H groups in total. The van der Waals surface area contributed by atoms with Crippen molar-refractivity contribution in [2.24, 2.45) is 0 Å². The van der Waals surface area contributed by atoms with Gasteiger partial charge in [0.05, 0.1) is 10.6 Å². The van der Waals surface area contributed by atoms with Crippen molar-refractivity contribution < 1.29 is 19.2 Å². The highest BCUT2D eigenvalue weighted by Crippen LogP contribution is 2.30. The van der Waals surface area contributed by atoms with E-state index >= 15 is 0 Å². The number of benzene rings is 1. The number of aromatic carboxylic acids is 1. The molecule has 1 heterocycles. The minimum atomic E-state index is -1.35. The van der Waals surface area contributed by atoms with Crippen LogP contribution in [0.2, 0.25) is 0 Å². The van der Waals surface area contributed by atoms with Gasteiger partial charge in [0.2, 0.25) is 0 Å². The van der Waals surface area contributed by atoms with Crippen LogP contribution in [0, 0.1) is 17.0 Å². The first kappa shape index (κ1) is 13.1. The lowest BCUT2D eigenvalue weighted by molar-refractivity contribution is -0.385. The molecule has 0 spiro atoms. The fraction of sp³-hybridized carbons (Fsp3) is 0.0909. The van der Waals surface area contributed by atoms with Crippen molar-refractivity contribution in [3.63, 3.8) is 0 Å². The third-order valence-corrected chi connectivity index (χ3v) is 3.05. The zero-order valence-electron chi connectivity index (χ0n) is 9.69. The summed E-state index contributed by atoms with van der Waals surface area (Å²) in [6.45, 7) is 1.76. The molecule has 2 aromatic rings. The second-order valence-corrected chi connectivity index (χ2v) is 4.62. The molecule has 0 aliphatic rings. The Morgan fingerprint density at radius 3 is 2.79 bits per heavy atom. The van der Waals surface area contributed by atoms with Crippen LogP contribution in [0.3, 0.4) is 0 Å². The highest BCUT2D eigenvalue weighted by Gasteiger charge is 2.20. The van der Waals surface area contributed by atoms with E-state index in [-0.39, 0.29) is 5.56 Å². The summed E-state index contributed by atoms with van der Waals surface area (Å²) in [7, 11) is 0. The molecule has 0 amide bonds. The smallest absolute Gasteiger partial charge is 0.342 e. The average Bonchev–Trinajstić information content (AvgIpc) is 2.74. The van der Waals surface area contributed by atoms with Gasteiger partial charge in [-0.3, -0.25) is 10.1 Å². The van der Waals surface area contributed by atoms with E-state index in [1.807, 2.05) is 0 Å². The summed E-state index contributed by atoms with van der Waals surface area (Å²) >= 11 is 1.10.